The van der Waals surface area contributed by atoms with Gasteiger partial charge in [-0.3, -0.25) is 9.59 Å². The first-order valence-corrected chi connectivity index (χ1v) is 11.7. The van der Waals surface area contributed by atoms with E-state index in [0.717, 1.165) is 44.2 Å². The number of hydrogen-bond donors (Lipinski definition) is 1. The molecule has 0 bridgehead atoms. The van der Waals surface area contributed by atoms with Gasteiger partial charge < -0.3 is 10.2 Å². The van der Waals surface area contributed by atoms with Crippen LogP contribution in [-0.2, 0) is 16.0 Å². The topological polar surface area (TPSA) is 49.4 Å². The van der Waals surface area contributed by atoms with Crippen LogP contribution in [0, 0.1) is 11.3 Å². The third-order valence-corrected chi connectivity index (χ3v) is 7.38. The molecular formula is C24H30N2O2S. The van der Waals surface area contributed by atoms with Gasteiger partial charge in [0, 0.05) is 30.4 Å². The summed E-state index contributed by atoms with van der Waals surface area (Å²) in [5.41, 5.74) is 1.84. The normalized spacial score (nSPS) is 22.2. The fraction of sp³-hybridized carbons (Fsp3) is 0.500. The lowest BCUT2D eigenvalue weighted by molar-refractivity contribution is -0.146. The maximum Gasteiger partial charge on any atom is 0.228 e. The Balaban J connectivity index is 1.54. The lowest BCUT2D eigenvalue weighted by Crippen LogP contribution is -2.55. The number of amides is 2. The van der Waals surface area contributed by atoms with Crippen LogP contribution in [0.4, 0.5) is 0 Å². The van der Waals surface area contributed by atoms with E-state index in [2.05, 4.69) is 47.1 Å². The van der Waals surface area contributed by atoms with E-state index in [1.807, 2.05) is 11.8 Å². The van der Waals surface area contributed by atoms with Crippen molar-refractivity contribution in [2.75, 3.05) is 19.6 Å². The van der Waals surface area contributed by atoms with E-state index in [4.69, 9.17) is 0 Å². The molecule has 1 saturated carbocycles. The molecule has 5 heteroatoms. The van der Waals surface area contributed by atoms with Crippen LogP contribution in [0.1, 0.15) is 44.6 Å². The molecule has 1 aromatic carbocycles. The van der Waals surface area contributed by atoms with Crippen LogP contribution >= 0.6 is 11.3 Å². The van der Waals surface area contributed by atoms with Gasteiger partial charge in [-0.25, -0.2) is 0 Å². The standard InChI is InChI=1S/C24H30N2O2S/c1-2-25-23(28)24(13-5-14-26(17-24)22(27)20-6-3-7-20)16-18-9-11-19(12-10-18)21-8-4-15-29-21/h4,8-12,15,20H,2-3,5-7,13-14,16-17H2,1H3,(H,25,28). The van der Waals surface area contributed by atoms with Crippen molar-refractivity contribution in [2.45, 2.75) is 45.4 Å². The van der Waals surface area contributed by atoms with Crippen LogP contribution in [0.25, 0.3) is 10.4 Å². The molecule has 1 saturated heterocycles. The molecule has 0 spiro atoms. The average Bonchev–Trinajstić information content (AvgIpc) is 3.22. The summed E-state index contributed by atoms with van der Waals surface area (Å²) < 4.78 is 0. The average molecular weight is 411 g/mol. The van der Waals surface area contributed by atoms with E-state index >= 15 is 0 Å². The number of hydrogen-bond acceptors (Lipinski definition) is 3. The summed E-state index contributed by atoms with van der Waals surface area (Å²) >= 11 is 1.73. The van der Waals surface area contributed by atoms with Gasteiger partial charge >= 0.3 is 0 Å². The molecule has 1 unspecified atom stereocenters. The maximum atomic E-state index is 13.2. The van der Waals surface area contributed by atoms with Crippen molar-refractivity contribution in [3.63, 3.8) is 0 Å². The summed E-state index contributed by atoms with van der Waals surface area (Å²) in [5, 5.41) is 5.14. The summed E-state index contributed by atoms with van der Waals surface area (Å²) in [6.45, 7) is 3.91. The van der Waals surface area contributed by atoms with Crippen molar-refractivity contribution in [1.82, 2.24) is 10.2 Å². The molecule has 1 aromatic heterocycles. The largest absolute Gasteiger partial charge is 0.356 e. The van der Waals surface area contributed by atoms with Gasteiger partial charge in [0.25, 0.3) is 0 Å². The van der Waals surface area contributed by atoms with E-state index in [9.17, 15) is 9.59 Å². The Morgan fingerprint density at radius 3 is 2.59 bits per heavy atom. The van der Waals surface area contributed by atoms with E-state index < -0.39 is 5.41 Å². The monoisotopic (exact) mass is 410 g/mol. The Morgan fingerprint density at radius 1 is 1.17 bits per heavy atom. The van der Waals surface area contributed by atoms with Gasteiger partial charge in [0.05, 0.1) is 5.41 Å². The van der Waals surface area contributed by atoms with Crippen molar-refractivity contribution in [2.24, 2.45) is 11.3 Å². The third-order valence-electron chi connectivity index (χ3n) is 6.46. The van der Waals surface area contributed by atoms with Crippen molar-refractivity contribution < 1.29 is 9.59 Å². The molecule has 4 nitrogen and oxygen atoms in total. The number of carbonyl (C=O) groups excluding carboxylic acids is 2. The van der Waals surface area contributed by atoms with Crippen molar-refractivity contribution in [3.8, 4) is 10.4 Å². The van der Waals surface area contributed by atoms with Crippen LogP contribution < -0.4 is 5.32 Å². The first-order valence-electron chi connectivity index (χ1n) is 10.8. The van der Waals surface area contributed by atoms with Gasteiger partial charge in [-0.2, -0.15) is 0 Å². The van der Waals surface area contributed by atoms with E-state index in [0.29, 0.717) is 19.5 Å². The highest BCUT2D eigenvalue weighted by Gasteiger charge is 2.44. The second kappa shape index (κ2) is 8.70. The van der Waals surface area contributed by atoms with Crippen LogP contribution in [0.5, 0.6) is 0 Å². The van der Waals surface area contributed by atoms with Crippen LogP contribution in [0.2, 0.25) is 0 Å². The highest BCUT2D eigenvalue weighted by atomic mass is 32.1. The van der Waals surface area contributed by atoms with Crippen LogP contribution in [-0.4, -0.2) is 36.3 Å². The van der Waals surface area contributed by atoms with Crippen LogP contribution in [0.3, 0.4) is 0 Å². The molecule has 2 aliphatic rings. The number of nitrogens with one attached hydrogen (secondary N) is 1. The van der Waals surface area contributed by atoms with Crippen molar-refractivity contribution >= 4 is 23.2 Å². The fourth-order valence-electron chi connectivity index (χ4n) is 4.61. The highest BCUT2D eigenvalue weighted by molar-refractivity contribution is 7.13. The number of benzene rings is 1. The molecule has 1 aliphatic heterocycles. The summed E-state index contributed by atoms with van der Waals surface area (Å²) in [4.78, 5) is 29.3. The molecule has 1 aliphatic carbocycles. The number of rotatable bonds is 6. The quantitative estimate of drug-likeness (QED) is 0.762. The zero-order valence-corrected chi connectivity index (χ0v) is 18.0. The van der Waals surface area contributed by atoms with E-state index in [1.165, 1.54) is 10.4 Å². The molecule has 2 aromatic rings. The molecule has 4 rings (SSSR count). The minimum atomic E-state index is -0.530. The Labute approximate surface area is 177 Å². The second-order valence-corrected chi connectivity index (χ2v) is 9.43. The number of carbonyl (C=O) groups is 2. The molecule has 0 radical (unpaired) electrons. The number of likely N-dealkylation sites (tertiary alicyclic amines) is 1. The second-order valence-electron chi connectivity index (χ2n) is 8.48. The minimum Gasteiger partial charge on any atom is -0.356 e. The molecule has 1 N–H and O–H groups in total. The van der Waals surface area contributed by atoms with Gasteiger partial charge in [0.15, 0.2) is 0 Å². The van der Waals surface area contributed by atoms with Gasteiger partial charge in [-0.05, 0) is 61.6 Å². The smallest absolute Gasteiger partial charge is 0.228 e. The molecule has 2 heterocycles. The van der Waals surface area contributed by atoms with E-state index in [-0.39, 0.29) is 17.7 Å². The predicted octanol–water partition coefficient (Wildman–Crippen LogP) is 4.50. The Hall–Kier alpha value is -2.14. The molecule has 154 valence electrons. The number of piperidine rings is 1. The zero-order valence-electron chi connectivity index (χ0n) is 17.2. The van der Waals surface area contributed by atoms with Crippen LogP contribution in [0.15, 0.2) is 41.8 Å². The van der Waals surface area contributed by atoms with Gasteiger partial charge in [0.2, 0.25) is 11.8 Å². The first kappa shape index (κ1) is 20.1. The molecule has 1 atom stereocenters. The molecule has 2 fully saturated rings. The lowest BCUT2D eigenvalue weighted by Gasteiger charge is -2.43. The third kappa shape index (κ3) is 4.25. The minimum absolute atomic E-state index is 0.0912. The fourth-order valence-corrected chi connectivity index (χ4v) is 5.34. The SMILES string of the molecule is CCNC(=O)C1(Cc2ccc(-c3cccs3)cc2)CCCN(C(=O)C2CCC2)C1. The summed E-state index contributed by atoms with van der Waals surface area (Å²) in [6, 6.07) is 12.8. The van der Waals surface area contributed by atoms with Gasteiger partial charge in [-0.15, -0.1) is 11.3 Å². The van der Waals surface area contributed by atoms with Crippen molar-refractivity contribution in [3.05, 3.63) is 47.3 Å². The first-order chi connectivity index (χ1) is 14.1. The molecule has 2 amide bonds. The highest BCUT2D eigenvalue weighted by Crippen LogP contribution is 2.37. The van der Waals surface area contributed by atoms with Crippen molar-refractivity contribution in [1.29, 1.82) is 0 Å². The Morgan fingerprint density at radius 2 is 1.97 bits per heavy atom. The molecule has 29 heavy (non-hydrogen) atoms. The zero-order chi connectivity index (χ0) is 20.3. The summed E-state index contributed by atoms with van der Waals surface area (Å²) in [7, 11) is 0. The number of thiophene rings is 1. The maximum absolute atomic E-state index is 13.2. The number of nitrogens with zero attached hydrogens (tertiary/aromatic N) is 1. The lowest BCUT2D eigenvalue weighted by atomic mass is 9.73. The van der Waals surface area contributed by atoms with Gasteiger partial charge in [-0.1, -0.05) is 36.8 Å². The Bertz CT molecular complexity index is 842. The van der Waals surface area contributed by atoms with E-state index in [1.54, 1.807) is 11.3 Å². The molecular weight excluding hydrogens is 380 g/mol. The summed E-state index contributed by atoms with van der Waals surface area (Å²) in [5.74, 6) is 0.538. The Kier molecular flexibility index (Phi) is 6.04. The summed E-state index contributed by atoms with van der Waals surface area (Å²) in [6.07, 6.45) is 5.57. The predicted molar refractivity (Wildman–Crippen MR) is 118 cm³/mol. The van der Waals surface area contributed by atoms with Gasteiger partial charge in [0.1, 0.15) is 0 Å².